The molecule has 6 heteroatoms. The first-order valence-electron chi connectivity index (χ1n) is 6.13. The molecule has 1 rings (SSSR count). The van der Waals surface area contributed by atoms with Gasteiger partial charge in [-0.2, -0.15) is 0 Å². The average molecular weight is 305 g/mol. The number of urea groups is 1. The van der Waals surface area contributed by atoms with Crippen molar-refractivity contribution in [1.82, 2.24) is 5.32 Å². The highest BCUT2D eigenvalue weighted by atomic mass is 35.5. The summed E-state index contributed by atoms with van der Waals surface area (Å²) in [5.74, 6) is 0.257. The fourth-order valence-electron chi connectivity index (χ4n) is 1.50. The normalized spacial score (nSPS) is 12.0. The van der Waals surface area contributed by atoms with Gasteiger partial charge in [0.05, 0.1) is 10.7 Å². The zero-order valence-electron chi connectivity index (χ0n) is 10.7. The number of amides is 2. The van der Waals surface area contributed by atoms with Crippen molar-refractivity contribution in [2.75, 3.05) is 18.5 Å². The zero-order chi connectivity index (χ0) is 14.3. The van der Waals surface area contributed by atoms with E-state index in [0.29, 0.717) is 22.3 Å². The van der Waals surface area contributed by atoms with Gasteiger partial charge in [-0.3, -0.25) is 0 Å². The molecule has 0 fully saturated rings. The lowest BCUT2D eigenvalue weighted by Crippen LogP contribution is -2.29. The lowest BCUT2D eigenvalue weighted by atomic mass is 10.1. The standard InChI is InChI=1S/C13H18Cl2N2O2/c1-9(8-18)3-2-6-16-13(19)17-12-7-10(14)4-5-11(12)15/h4-5,7,9,18H,2-3,6,8H2,1H3,(H2,16,17,19). The first-order valence-corrected chi connectivity index (χ1v) is 6.89. The van der Waals surface area contributed by atoms with Gasteiger partial charge in [0.1, 0.15) is 0 Å². The van der Waals surface area contributed by atoms with Gasteiger partial charge in [0, 0.05) is 18.2 Å². The van der Waals surface area contributed by atoms with Gasteiger partial charge < -0.3 is 15.7 Å². The second-order valence-corrected chi connectivity index (χ2v) is 5.28. The Labute approximate surface area is 123 Å². The highest BCUT2D eigenvalue weighted by Crippen LogP contribution is 2.25. The molecule has 1 unspecified atom stereocenters. The van der Waals surface area contributed by atoms with Crippen molar-refractivity contribution in [3.05, 3.63) is 28.2 Å². The van der Waals surface area contributed by atoms with Crippen LogP contribution in [-0.2, 0) is 0 Å². The van der Waals surface area contributed by atoms with E-state index in [2.05, 4.69) is 10.6 Å². The van der Waals surface area contributed by atoms with Crippen LogP contribution in [0, 0.1) is 5.92 Å². The number of rotatable bonds is 6. The third-order valence-electron chi connectivity index (χ3n) is 2.65. The number of halogens is 2. The number of nitrogens with one attached hydrogen (secondary N) is 2. The molecule has 0 aromatic heterocycles. The second-order valence-electron chi connectivity index (χ2n) is 4.44. The molecular weight excluding hydrogens is 287 g/mol. The second kappa shape index (κ2) is 8.25. The Bertz CT molecular complexity index is 427. The summed E-state index contributed by atoms with van der Waals surface area (Å²) < 4.78 is 0. The van der Waals surface area contributed by atoms with Crippen LogP contribution in [0.5, 0.6) is 0 Å². The molecule has 3 N–H and O–H groups in total. The van der Waals surface area contributed by atoms with Gasteiger partial charge in [0.15, 0.2) is 0 Å². The van der Waals surface area contributed by atoms with E-state index < -0.39 is 0 Å². The van der Waals surface area contributed by atoms with E-state index in [9.17, 15) is 4.79 Å². The van der Waals surface area contributed by atoms with Crippen molar-refractivity contribution >= 4 is 34.9 Å². The minimum Gasteiger partial charge on any atom is -0.396 e. The summed E-state index contributed by atoms with van der Waals surface area (Å²) in [6.07, 6.45) is 1.69. The highest BCUT2D eigenvalue weighted by molar-refractivity contribution is 6.35. The van der Waals surface area contributed by atoms with Crippen molar-refractivity contribution < 1.29 is 9.90 Å². The first kappa shape index (κ1) is 16.1. The fourth-order valence-corrected chi connectivity index (χ4v) is 1.84. The summed E-state index contributed by atoms with van der Waals surface area (Å²) in [5, 5.41) is 15.2. The minimum absolute atomic E-state index is 0.171. The number of aliphatic hydroxyl groups is 1. The molecule has 4 nitrogen and oxygen atoms in total. The summed E-state index contributed by atoms with van der Waals surface area (Å²) in [6.45, 7) is 2.69. The average Bonchev–Trinajstić information content (AvgIpc) is 2.38. The van der Waals surface area contributed by atoms with Gasteiger partial charge in [0.2, 0.25) is 0 Å². The molecule has 0 radical (unpaired) electrons. The van der Waals surface area contributed by atoms with E-state index in [1.165, 1.54) is 0 Å². The van der Waals surface area contributed by atoms with E-state index in [1.807, 2.05) is 6.92 Å². The molecular formula is C13H18Cl2N2O2. The number of benzene rings is 1. The predicted molar refractivity (Wildman–Crippen MR) is 79.0 cm³/mol. The van der Waals surface area contributed by atoms with Crippen molar-refractivity contribution in [3.63, 3.8) is 0 Å². The van der Waals surface area contributed by atoms with Crippen LogP contribution in [0.25, 0.3) is 0 Å². The van der Waals surface area contributed by atoms with Crippen LogP contribution in [-0.4, -0.2) is 24.3 Å². The van der Waals surface area contributed by atoms with Crippen molar-refractivity contribution in [3.8, 4) is 0 Å². The first-order chi connectivity index (χ1) is 9.02. The third-order valence-corrected chi connectivity index (χ3v) is 3.21. The Kier molecular flexibility index (Phi) is 6.99. The van der Waals surface area contributed by atoms with E-state index >= 15 is 0 Å². The lowest BCUT2D eigenvalue weighted by Gasteiger charge is -2.10. The fraction of sp³-hybridized carbons (Fsp3) is 0.462. The van der Waals surface area contributed by atoms with E-state index in [1.54, 1.807) is 18.2 Å². The number of aliphatic hydroxyl groups excluding tert-OH is 1. The molecule has 0 aliphatic rings. The molecule has 2 amide bonds. The summed E-state index contributed by atoms with van der Waals surface area (Å²) in [6, 6.07) is 4.56. The Hall–Kier alpha value is -0.970. The number of hydrogen-bond donors (Lipinski definition) is 3. The molecule has 1 aromatic carbocycles. The summed E-state index contributed by atoms with van der Waals surface area (Å²) >= 11 is 11.8. The molecule has 0 saturated heterocycles. The van der Waals surface area contributed by atoms with Gasteiger partial charge >= 0.3 is 6.03 Å². The van der Waals surface area contributed by atoms with E-state index in [0.717, 1.165) is 12.8 Å². The van der Waals surface area contributed by atoms with Crippen molar-refractivity contribution in [1.29, 1.82) is 0 Å². The van der Waals surface area contributed by atoms with Gasteiger partial charge in [-0.05, 0) is 37.0 Å². The number of carbonyl (C=O) groups excluding carboxylic acids is 1. The highest BCUT2D eigenvalue weighted by Gasteiger charge is 2.06. The number of carbonyl (C=O) groups is 1. The van der Waals surface area contributed by atoms with Crippen molar-refractivity contribution in [2.24, 2.45) is 5.92 Å². The molecule has 0 heterocycles. The van der Waals surface area contributed by atoms with Crippen LogP contribution in [0.1, 0.15) is 19.8 Å². The molecule has 0 aliphatic carbocycles. The quantitative estimate of drug-likeness (QED) is 0.704. The maximum atomic E-state index is 11.6. The van der Waals surface area contributed by atoms with Gasteiger partial charge in [-0.15, -0.1) is 0 Å². The Morgan fingerprint density at radius 3 is 2.84 bits per heavy atom. The number of anilines is 1. The third kappa shape index (κ3) is 6.14. The van der Waals surface area contributed by atoms with Crippen LogP contribution in [0.3, 0.4) is 0 Å². The minimum atomic E-state index is -0.319. The largest absolute Gasteiger partial charge is 0.396 e. The topological polar surface area (TPSA) is 61.4 Å². The zero-order valence-corrected chi connectivity index (χ0v) is 12.3. The van der Waals surface area contributed by atoms with E-state index in [-0.39, 0.29) is 18.6 Å². The van der Waals surface area contributed by atoms with Gasteiger partial charge in [-0.1, -0.05) is 30.1 Å². The van der Waals surface area contributed by atoms with Crippen LogP contribution >= 0.6 is 23.2 Å². The maximum Gasteiger partial charge on any atom is 0.319 e. The molecule has 1 aromatic rings. The van der Waals surface area contributed by atoms with E-state index in [4.69, 9.17) is 28.3 Å². The van der Waals surface area contributed by atoms with Crippen molar-refractivity contribution in [2.45, 2.75) is 19.8 Å². The van der Waals surface area contributed by atoms with Crippen LogP contribution in [0.15, 0.2) is 18.2 Å². The predicted octanol–water partition coefficient (Wildman–Crippen LogP) is 3.52. The summed E-state index contributed by atoms with van der Waals surface area (Å²) in [5.41, 5.74) is 0.482. The monoisotopic (exact) mass is 304 g/mol. The maximum absolute atomic E-state index is 11.6. The van der Waals surface area contributed by atoms with Crippen LogP contribution in [0.4, 0.5) is 10.5 Å². The smallest absolute Gasteiger partial charge is 0.319 e. The van der Waals surface area contributed by atoms with Gasteiger partial charge in [0.25, 0.3) is 0 Å². The molecule has 19 heavy (non-hydrogen) atoms. The molecule has 0 saturated carbocycles. The molecule has 0 aliphatic heterocycles. The van der Waals surface area contributed by atoms with Crippen LogP contribution < -0.4 is 10.6 Å². The SMILES string of the molecule is CC(CO)CCCNC(=O)Nc1cc(Cl)ccc1Cl. The summed E-state index contributed by atoms with van der Waals surface area (Å²) in [4.78, 5) is 11.6. The molecule has 1 atom stereocenters. The molecule has 0 spiro atoms. The Balaban J connectivity index is 2.33. The number of hydrogen-bond acceptors (Lipinski definition) is 2. The molecule has 0 bridgehead atoms. The lowest BCUT2D eigenvalue weighted by molar-refractivity contribution is 0.227. The Morgan fingerprint density at radius 2 is 2.16 bits per heavy atom. The molecule has 106 valence electrons. The summed E-state index contributed by atoms with van der Waals surface area (Å²) in [7, 11) is 0. The Morgan fingerprint density at radius 1 is 1.42 bits per heavy atom. The van der Waals surface area contributed by atoms with Gasteiger partial charge in [-0.25, -0.2) is 4.79 Å². The van der Waals surface area contributed by atoms with Crippen LogP contribution in [0.2, 0.25) is 10.0 Å².